The van der Waals surface area contributed by atoms with Crippen molar-refractivity contribution in [2.45, 2.75) is 51.0 Å². The first-order valence-electron chi connectivity index (χ1n) is 8.79. The van der Waals surface area contributed by atoms with Crippen LogP contribution in [0.3, 0.4) is 0 Å². The number of aromatic nitrogens is 1. The van der Waals surface area contributed by atoms with Crippen LogP contribution in [0.2, 0.25) is 0 Å². The summed E-state index contributed by atoms with van der Waals surface area (Å²) in [6.07, 6.45) is 8.37. The van der Waals surface area contributed by atoms with Crippen molar-refractivity contribution in [2.75, 3.05) is 19.9 Å². The normalized spacial score (nSPS) is 24.6. The highest BCUT2D eigenvalue weighted by Crippen LogP contribution is 2.43. The molecule has 0 spiro atoms. The minimum Gasteiger partial charge on any atom is -0.366 e. The molecule has 0 radical (unpaired) electrons. The number of hydrogen-bond donors (Lipinski definition) is 1. The van der Waals surface area contributed by atoms with E-state index in [1.54, 1.807) is 5.56 Å². The van der Waals surface area contributed by atoms with Crippen molar-refractivity contribution in [3.63, 3.8) is 0 Å². The number of hydrogen-bond acceptors (Lipinski definition) is 2. The highest BCUT2D eigenvalue weighted by Gasteiger charge is 2.37. The van der Waals surface area contributed by atoms with Crippen LogP contribution in [0.5, 0.6) is 0 Å². The number of nitrogens with zero attached hydrogens (tertiary/aromatic N) is 1. The van der Waals surface area contributed by atoms with Crippen molar-refractivity contribution in [1.82, 2.24) is 9.88 Å². The Hall–Kier alpha value is -1.32. The van der Waals surface area contributed by atoms with E-state index >= 15 is 0 Å². The first kappa shape index (κ1) is 14.3. The van der Waals surface area contributed by atoms with Gasteiger partial charge >= 0.3 is 0 Å². The van der Waals surface area contributed by atoms with Crippen molar-refractivity contribution in [3.05, 3.63) is 35.5 Å². The Morgan fingerprint density at radius 2 is 2.32 bits per heavy atom. The van der Waals surface area contributed by atoms with Gasteiger partial charge in [0.1, 0.15) is 0 Å². The third-order valence-electron chi connectivity index (χ3n) is 5.44. The summed E-state index contributed by atoms with van der Waals surface area (Å²) < 4.78 is 5.92. The Kier molecular flexibility index (Phi) is 3.93. The highest BCUT2D eigenvalue weighted by atomic mass is 16.5. The molecule has 0 amide bonds. The van der Waals surface area contributed by atoms with E-state index in [0.717, 1.165) is 13.3 Å². The van der Waals surface area contributed by atoms with E-state index in [9.17, 15) is 0 Å². The number of piperidine rings is 1. The molecule has 2 atom stereocenters. The lowest BCUT2D eigenvalue weighted by atomic mass is 9.75. The van der Waals surface area contributed by atoms with Crippen LogP contribution in [0.4, 0.5) is 0 Å². The summed E-state index contributed by atoms with van der Waals surface area (Å²) in [5, 5.41) is 1.50. The second-order valence-electron chi connectivity index (χ2n) is 6.81. The van der Waals surface area contributed by atoms with Crippen molar-refractivity contribution in [1.29, 1.82) is 0 Å². The van der Waals surface area contributed by atoms with Crippen LogP contribution in [0.15, 0.2) is 24.4 Å². The molecule has 1 aliphatic heterocycles. The van der Waals surface area contributed by atoms with Gasteiger partial charge in [-0.05, 0) is 42.9 Å². The van der Waals surface area contributed by atoms with E-state index in [2.05, 4.69) is 41.2 Å². The second-order valence-corrected chi connectivity index (χ2v) is 6.81. The molecule has 0 unspecified atom stereocenters. The molecule has 2 heterocycles. The highest BCUT2D eigenvalue weighted by molar-refractivity contribution is 5.88. The van der Waals surface area contributed by atoms with Gasteiger partial charge in [-0.1, -0.05) is 25.5 Å². The average Bonchev–Trinajstić information content (AvgIpc) is 2.97. The summed E-state index contributed by atoms with van der Waals surface area (Å²) in [6, 6.07) is 7.37. The fourth-order valence-corrected chi connectivity index (χ4v) is 4.33. The van der Waals surface area contributed by atoms with Crippen LogP contribution in [-0.4, -0.2) is 35.8 Å². The lowest BCUT2D eigenvalue weighted by molar-refractivity contribution is -0.0177. The Morgan fingerprint density at radius 1 is 1.36 bits per heavy atom. The molecule has 1 saturated heterocycles. The number of H-pyrrole nitrogens is 1. The van der Waals surface area contributed by atoms with Gasteiger partial charge in [-0.3, -0.25) is 4.90 Å². The maximum Gasteiger partial charge on any atom is 0.0992 e. The van der Waals surface area contributed by atoms with Gasteiger partial charge in [0.2, 0.25) is 0 Å². The molecule has 3 nitrogen and oxygen atoms in total. The third-order valence-corrected chi connectivity index (χ3v) is 5.44. The summed E-state index contributed by atoms with van der Waals surface area (Å²) in [5.41, 5.74) is 4.36. The van der Waals surface area contributed by atoms with E-state index in [1.165, 1.54) is 55.1 Å². The number of aromatic amines is 1. The van der Waals surface area contributed by atoms with Crippen molar-refractivity contribution in [2.24, 2.45) is 0 Å². The van der Waals surface area contributed by atoms with E-state index in [0.29, 0.717) is 12.0 Å². The summed E-state index contributed by atoms with van der Waals surface area (Å²) in [6.45, 7) is 5.10. The summed E-state index contributed by atoms with van der Waals surface area (Å²) >= 11 is 0. The number of unbranched alkanes of at least 4 members (excludes halogenated alkanes) is 1. The molecule has 118 valence electrons. The number of benzene rings is 1. The molecule has 0 saturated carbocycles. The van der Waals surface area contributed by atoms with E-state index in [-0.39, 0.29) is 0 Å². The van der Waals surface area contributed by atoms with Crippen LogP contribution in [0, 0.1) is 0 Å². The van der Waals surface area contributed by atoms with Crippen molar-refractivity contribution >= 4 is 10.9 Å². The number of rotatable bonds is 5. The van der Waals surface area contributed by atoms with Crippen molar-refractivity contribution in [3.8, 4) is 0 Å². The number of nitrogens with one attached hydrogen (secondary N) is 1. The van der Waals surface area contributed by atoms with Crippen LogP contribution in [0.1, 0.15) is 49.7 Å². The van der Waals surface area contributed by atoms with Gasteiger partial charge in [0, 0.05) is 42.2 Å². The molecule has 1 aliphatic carbocycles. The lowest BCUT2D eigenvalue weighted by Crippen LogP contribution is -2.47. The van der Waals surface area contributed by atoms with E-state index < -0.39 is 0 Å². The average molecular weight is 298 g/mol. The van der Waals surface area contributed by atoms with Crippen LogP contribution >= 0.6 is 0 Å². The summed E-state index contributed by atoms with van der Waals surface area (Å²) in [4.78, 5) is 6.04. The number of fused-ring (bicyclic) bond motifs is 2. The fraction of sp³-hybridized carbons (Fsp3) is 0.579. The largest absolute Gasteiger partial charge is 0.366 e. The molecule has 1 aromatic heterocycles. The zero-order chi connectivity index (χ0) is 14.9. The summed E-state index contributed by atoms with van der Waals surface area (Å²) in [5.74, 6) is 0.676. The molecule has 1 fully saturated rings. The number of likely N-dealkylation sites (tertiary alicyclic amines) is 1. The molecule has 2 aromatic rings. The van der Waals surface area contributed by atoms with Crippen molar-refractivity contribution < 1.29 is 4.74 Å². The standard InChI is InChI=1S/C19H26N2O/c1-2-3-10-22-13-21-9-5-7-15-16-6-4-8-17-19(16)14(12-20-17)11-18(15)21/h4,6,8,12,15,18,20H,2-3,5,7,9-11,13H2,1H3/t15-,18-/m1/s1. The second kappa shape index (κ2) is 6.05. The van der Waals surface area contributed by atoms with Gasteiger partial charge in [-0.25, -0.2) is 0 Å². The molecule has 22 heavy (non-hydrogen) atoms. The van der Waals surface area contributed by atoms with E-state index in [1.807, 2.05) is 0 Å². The SMILES string of the molecule is CCCCOCN1CCC[C@@H]2c3cccc4[nH]cc(c34)C[C@H]21. The van der Waals surface area contributed by atoms with Gasteiger partial charge in [-0.15, -0.1) is 0 Å². The smallest absolute Gasteiger partial charge is 0.0992 e. The monoisotopic (exact) mass is 298 g/mol. The molecule has 0 bridgehead atoms. The predicted octanol–water partition coefficient (Wildman–Crippen LogP) is 4.05. The maximum atomic E-state index is 5.92. The molecular weight excluding hydrogens is 272 g/mol. The molecule has 4 rings (SSSR count). The first-order valence-corrected chi connectivity index (χ1v) is 8.79. The van der Waals surface area contributed by atoms with Crippen LogP contribution < -0.4 is 0 Å². The molecule has 3 heteroatoms. The fourth-order valence-electron chi connectivity index (χ4n) is 4.33. The van der Waals surface area contributed by atoms with Gasteiger partial charge in [0.05, 0.1) is 6.73 Å². The van der Waals surface area contributed by atoms with Gasteiger partial charge in [0.15, 0.2) is 0 Å². The Morgan fingerprint density at radius 3 is 3.23 bits per heavy atom. The topological polar surface area (TPSA) is 28.3 Å². The zero-order valence-corrected chi connectivity index (χ0v) is 13.5. The Bertz CT molecular complexity index is 648. The minimum absolute atomic E-state index is 0.615. The number of ether oxygens (including phenoxy) is 1. The molecular formula is C19H26N2O. The van der Waals surface area contributed by atoms with Gasteiger partial charge in [0.25, 0.3) is 0 Å². The minimum atomic E-state index is 0.615. The Labute approximate surface area is 132 Å². The maximum absolute atomic E-state index is 5.92. The van der Waals surface area contributed by atoms with Crippen LogP contribution in [0.25, 0.3) is 10.9 Å². The predicted molar refractivity (Wildman–Crippen MR) is 90.2 cm³/mol. The third kappa shape index (κ3) is 2.37. The Balaban J connectivity index is 1.57. The summed E-state index contributed by atoms with van der Waals surface area (Å²) in [7, 11) is 0. The molecule has 1 N–H and O–H groups in total. The van der Waals surface area contributed by atoms with Crippen LogP contribution in [-0.2, 0) is 11.2 Å². The van der Waals surface area contributed by atoms with E-state index in [4.69, 9.17) is 4.74 Å². The lowest BCUT2D eigenvalue weighted by Gasteiger charge is -2.43. The quantitative estimate of drug-likeness (QED) is 0.844. The molecule has 1 aromatic carbocycles. The zero-order valence-electron chi connectivity index (χ0n) is 13.5. The first-order chi connectivity index (χ1) is 10.9. The van der Waals surface area contributed by atoms with Gasteiger partial charge < -0.3 is 9.72 Å². The van der Waals surface area contributed by atoms with Gasteiger partial charge in [-0.2, -0.15) is 0 Å². The molecule has 2 aliphatic rings.